The molecule has 8 heteroatoms. The van der Waals surface area contributed by atoms with Crippen LogP contribution in [0.1, 0.15) is 17.7 Å². The van der Waals surface area contributed by atoms with Crippen molar-refractivity contribution in [3.63, 3.8) is 0 Å². The minimum Gasteiger partial charge on any atom is -0.334 e. The maximum Gasteiger partial charge on any atom is 0.252 e. The number of carbonyl (C=O) groups is 1. The first kappa shape index (κ1) is 19.3. The number of rotatable bonds is 7. The molecule has 1 atom stereocenters. The molecule has 0 bridgehead atoms. The molecule has 0 spiro atoms. The van der Waals surface area contributed by atoms with E-state index in [-0.39, 0.29) is 18.4 Å². The molecule has 1 fully saturated rings. The zero-order valence-electron chi connectivity index (χ0n) is 14.4. The molecular formula is C18H22N2O3S3. The second kappa shape index (κ2) is 8.47. The molecule has 0 saturated carbocycles. The molecule has 0 radical (unpaired) electrons. The molecule has 0 N–H and O–H groups in total. The maximum atomic E-state index is 13.0. The lowest BCUT2D eigenvalue weighted by atomic mass is 9.98. The number of hydrogen-bond acceptors (Lipinski definition) is 5. The zero-order valence-corrected chi connectivity index (χ0v) is 16.9. The number of amides is 1. The highest BCUT2D eigenvalue weighted by atomic mass is 32.2. The standard InChI is InChI=1S/C18H22N2O3S3/c1-2-9-19(14-16-7-4-11-24-16)18(21)15-6-3-10-20(13-15)26(22,23)17-8-5-12-25-17/h2,4-5,7-8,11-12,15H,1,3,6,9-10,13-14H2. The monoisotopic (exact) mass is 410 g/mol. The van der Waals surface area contributed by atoms with Gasteiger partial charge in [0.1, 0.15) is 4.21 Å². The summed E-state index contributed by atoms with van der Waals surface area (Å²) < 4.78 is 27.3. The number of sulfonamides is 1. The van der Waals surface area contributed by atoms with Gasteiger partial charge in [-0.05, 0) is 35.7 Å². The van der Waals surface area contributed by atoms with Crippen molar-refractivity contribution in [2.45, 2.75) is 23.6 Å². The third-order valence-corrected chi connectivity index (χ3v) is 8.51. The van der Waals surface area contributed by atoms with E-state index in [1.807, 2.05) is 17.5 Å². The van der Waals surface area contributed by atoms with E-state index >= 15 is 0 Å². The van der Waals surface area contributed by atoms with Crippen molar-refractivity contribution in [3.8, 4) is 0 Å². The number of nitrogens with zero attached hydrogens (tertiary/aromatic N) is 2. The summed E-state index contributed by atoms with van der Waals surface area (Å²) in [6.07, 6.45) is 3.13. The fourth-order valence-electron chi connectivity index (χ4n) is 3.14. The molecule has 140 valence electrons. The molecular weight excluding hydrogens is 388 g/mol. The largest absolute Gasteiger partial charge is 0.334 e. The van der Waals surface area contributed by atoms with Crippen molar-refractivity contribution < 1.29 is 13.2 Å². The highest BCUT2D eigenvalue weighted by Gasteiger charge is 2.35. The highest BCUT2D eigenvalue weighted by molar-refractivity contribution is 7.91. The van der Waals surface area contributed by atoms with Gasteiger partial charge in [0, 0.05) is 24.5 Å². The molecule has 1 saturated heterocycles. The van der Waals surface area contributed by atoms with E-state index in [4.69, 9.17) is 0 Å². The van der Waals surface area contributed by atoms with E-state index in [1.165, 1.54) is 15.6 Å². The first-order chi connectivity index (χ1) is 12.5. The van der Waals surface area contributed by atoms with Crippen molar-refractivity contribution in [2.75, 3.05) is 19.6 Å². The average Bonchev–Trinajstić information content (AvgIpc) is 3.35. The SMILES string of the molecule is C=CCN(Cc1cccs1)C(=O)C1CCCN(S(=O)(=O)c2cccs2)C1. The predicted octanol–water partition coefficient (Wildman–Crippen LogP) is 3.43. The average molecular weight is 411 g/mol. The van der Waals surface area contributed by atoms with Gasteiger partial charge in [-0.25, -0.2) is 8.42 Å². The molecule has 1 aliphatic rings. The summed E-state index contributed by atoms with van der Waals surface area (Å²) >= 11 is 2.82. The van der Waals surface area contributed by atoms with Gasteiger partial charge in [-0.15, -0.1) is 29.3 Å². The van der Waals surface area contributed by atoms with Crippen LogP contribution in [-0.2, 0) is 21.4 Å². The normalized spacial score (nSPS) is 18.5. The summed E-state index contributed by atoms with van der Waals surface area (Å²) in [7, 11) is -3.51. The molecule has 1 unspecified atom stereocenters. The molecule has 26 heavy (non-hydrogen) atoms. The summed E-state index contributed by atoms with van der Waals surface area (Å²) in [6.45, 7) is 5.47. The van der Waals surface area contributed by atoms with Crippen LogP contribution < -0.4 is 0 Å². The fraction of sp³-hybridized carbons (Fsp3) is 0.389. The van der Waals surface area contributed by atoms with Crippen LogP contribution in [0.5, 0.6) is 0 Å². The van der Waals surface area contributed by atoms with Crippen molar-refractivity contribution in [2.24, 2.45) is 5.92 Å². The number of carbonyl (C=O) groups excluding carboxylic acids is 1. The van der Waals surface area contributed by atoms with Crippen LogP contribution in [0.25, 0.3) is 0 Å². The Morgan fingerprint density at radius 2 is 2.08 bits per heavy atom. The Kier molecular flexibility index (Phi) is 6.29. The quantitative estimate of drug-likeness (QED) is 0.657. The first-order valence-electron chi connectivity index (χ1n) is 8.48. The molecule has 5 nitrogen and oxygen atoms in total. The predicted molar refractivity (Wildman–Crippen MR) is 106 cm³/mol. The Balaban J connectivity index is 1.73. The number of hydrogen-bond donors (Lipinski definition) is 0. The van der Waals surface area contributed by atoms with Gasteiger partial charge in [-0.2, -0.15) is 4.31 Å². The van der Waals surface area contributed by atoms with E-state index in [1.54, 1.807) is 39.8 Å². The van der Waals surface area contributed by atoms with Crippen molar-refractivity contribution in [1.82, 2.24) is 9.21 Å². The van der Waals surface area contributed by atoms with Gasteiger partial charge in [0.25, 0.3) is 10.0 Å². The van der Waals surface area contributed by atoms with Gasteiger partial charge in [-0.1, -0.05) is 18.2 Å². The Morgan fingerprint density at radius 3 is 2.73 bits per heavy atom. The second-order valence-corrected chi connectivity index (χ2v) is 10.4. The smallest absolute Gasteiger partial charge is 0.252 e. The molecule has 1 aliphatic heterocycles. The maximum absolute atomic E-state index is 13.0. The zero-order chi connectivity index (χ0) is 18.6. The third kappa shape index (κ3) is 4.25. The lowest BCUT2D eigenvalue weighted by Gasteiger charge is -2.33. The summed E-state index contributed by atoms with van der Waals surface area (Å²) in [5.74, 6) is -0.303. The topological polar surface area (TPSA) is 57.7 Å². The molecule has 1 amide bonds. The molecule has 0 aromatic carbocycles. The van der Waals surface area contributed by atoms with E-state index in [2.05, 4.69) is 6.58 Å². The van der Waals surface area contributed by atoms with Crippen LogP contribution in [0.15, 0.2) is 51.9 Å². The summed E-state index contributed by atoms with van der Waals surface area (Å²) in [5.41, 5.74) is 0. The van der Waals surface area contributed by atoms with E-state index in [0.717, 1.165) is 4.88 Å². The summed E-state index contributed by atoms with van der Waals surface area (Å²) in [5, 5.41) is 3.74. The van der Waals surface area contributed by atoms with Gasteiger partial charge in [0.2, 0.25) is 5.91 Å². The number of thiophene rings is 2. The van der Waals surface area contributed by atoms with Gasteiger partial charge < -0.3 is 4.90 Å². The van der Waals surface area contributed by atoms with Gasteiger partial charge >= 0.3 is 0 Å². The molecule has 2 aromatic rings. The van der Waals surface area contributed by atoms with E-state index in [9.17, 15) is 13.2 Å². The Bertz CT molecular complexity index is 829. The second-order valence-electron chi connectivity index (χ2n) is 6.22. The van der Waals surface area contributed by atoms with Crippen LogP contribution in [0.4, 0.5) is 0 Å². The minimum absolute atomic E-state index is 0.00406. The van der Waals surface area contributed by atoms with Crippen LogP contribution in [-0.4, -0.2) is 43.2 Å². The van der Waals surface area contributed by atoms with Crippen LogP contribution >= 0.6 is 22.7 Å². The summed E-state index contributed by atoms with van der Waals surface area (Å²) in [6, 6.07) is 7.32. The lowest BCUT2D eigenvalue weighted by molar-refractivity contribution is -0.136. The Morgan fingerprint density at radius 1 is 1.31 bits per heavy atom. The van der Waals surface area contributed by atoms with Gasteiger partial charge in [-0.3, -0.25) is 4.79 Å². The van der Waals surface area contributed by atoms with Crippen molar-refractivity contribution in [3.05, 3.63) is 52.6 Å². The molecule has 3 heterocycles. The molecule has 0 aliphatic carbocycles. The van der Waals surface area contributed by atoms with Crippen molar-refractivity contribution >= 4 is 38.6 Å². The Labute approximate surface area is 162 Å². The molecule has 3 rings (SSSR count). The first-order valence-corrected chi connectivity index (χ1v) is 11.7. The van der Waals surface area contributed by atoms with Crippen LogP contribution in [0.3, 0.4) is 0 Å². The van der Waals surface area contributed by atoms with E-state index in [0.29, 0.717) is 36.7 Å². The van der Waals surface area contributed by atoms with Crippen molar-refractivity contribution in [1.29, 1.82) is 0 Å². The van der Waals surface area contributed by atoms with Gasteiger partial charge in [0.15, 0.2) is 0 Å². The fourth-order valence-corrected chi connectivity index (χ4v) is 6.52. The van der Waals surface area contributed by atoms with E-state index < -0.39 is 10.0 Å². The lowest BCUT2D eigenvalue weighted by Crippen LogP contribution is -2.46. The number of piperidine rings is 1. The highest BCUT2D eigenvalue weighted by Crippen LogP contribution is 2.27. The van der Waals surface area contributed by atoms with Crippen LogP contribution in [0, 0.1) is 5.92 Å². The third-order valence-electron chi connectivity index (χ3n) is 4.41. The Hall–Kier alpha value is -1.48. The molecule has 2 aromatic heterocycles. The van der Waals surface area contributed by atoms with Crippen LogP contribution in [0.2, 0.25) is 0 Å². The van der Waals surface area contributed by atoms with Gasteiger partial charge in [0.05, 0.1) is 12.5 Å². The minimum atomic E-state index is -3.51. The summed E-state index contributed by atoms with van der Waals surface area (Å²) in [4.78, 5) is 15.9.